The summed E-state index contributed by atoms with van der Waals surface area (Å²) in [4.78, 5) is 15.3. The highest BCUT2D eigenvalue weighted by atomic mass is 16.2. The Labute approximate surface area is 145 Å². The molecule has 0 spiro atoms. The van der Waals surface area contributed by atoms with Crippen LogP contribution in [0.15, 0.2) is 54.6 Å². The molecule has 1 aliphatic heterocycles. The van der Waals surface area contributed by atoms with Crippen LogP contribution in [-0.4, -0.2) is 11.9 Å². The normalized spacial score (nSPS) is 20.3. The highest BCUT2D eigenvalue weighted by Crippen LogP contribution is 2.48. The van der Waals surface area contributed by atoms with Crippen molar-refractivity contribution in [3.05, 3.63) is 65.7 Å². The van der Waals surface area contributed by atoms with E-state index < -0.39 is 5.41 Å². The van der Waals surface area contributed by atoms with E-state index in [2.05, 4.69) is 61.2 Å². The minimum Gasteiger partial charge on any atom is -0.307 e. The molecule has 2 atom stereocenters. The maximum absolute atomic E-state index is 13.2. The Kier molecular flexibility index (Phi) is 4.25. The van der Waals surface area contributed by atoms with Crippen LogP contribution < -0.4 is 4.90 Å². The number of para-hydroxylation sites is 1. The molecule has 2 aromatic carbocycles. The standard InChI is InChI=1S/C22H27NO/c1-15(2)20-19(16-11-7-6-8-12-16)17-13-9-10-14-18(17)23(20)21(24)22(3,4)5/h6-15,19-20H,1-5H3/t19-,20+/m1/s1. The molecule has 3 rings (SSSR count). The summed E-state index contributed by atoms with van der Waals surface area (Å²) < 4.78 is 0. The number of rotatable bonds is 2. The predicted molar refractivity (Wildman–Crippen MR) is 100 cm³/mol. The lowest BCUT2D eigenvalue weighted by Gasteiger charge is -2.36. The van der Waals surface area contributed by atoms with Gasteiger partial charge in [-0.3, -0.25) is 4.79 Å². The lowest BCUT2D eigenvalue weighted by atomic mass is 9.82. The summed E-state index contributed by atoms with van der Waals surface area (Å²) in [5, 5.41) is 0. The van der Waals surface area contributed by atoms with Gasteiger partial charge < -0.3 is 4.90 Å². The maximum Gasteiger partial charge on any atom is 0.232 e. The average molecular weight is 321 g/mol. The van der Waals surface area contributed by atoms with Crippen LogP contribution >= 0.6 is 0 Å². The van der Waals surface area contributed by atoms with Gasteiger partial charge in [0.1, 0.15) is 0 Å². The number of hydrogen-bond donors (Lipinski definition) is 0. The lowest BCUT2D eigenvalue weighted by molar-refractivity contribution is -0.126. The predicted octanol–water partition coefficient (Wildman–Crippen LogP) is 5.24. The van der Waals surface area contributed by atoms with Gasteiger partial charge >= 0.3 is 0 Å². The number of amides is 1. The molecule has 0 bridgehead atoms. The molecule has 1 heterocycles. The van der Waals surface area contributed by atoms with Crippen LogP contribution in [0.3, 0.4) is 0 Å². The zero-order valence-electron chi connectivity index (χ0n) is 15.3. The van der Waals surface area contributed by atoms with Crippen LogP contribution in [0.4, 0.5) is 5.69 Å². The van der Waals surface area contributed by atoms with Crippen molar-refractivity contribution in [1.29, 1.82) is 0 Å². The van der Waals surface area contributed by atoms with Gasteiger partial charge in [0.05, 0.1) is 6.04 Å². The molecule has 0 aromatic heterocycles. The van der Waals surface area contributed by atoms with Crippen LogP contribution in [0.2, 0.25) is 0 Å². The minimum atomic E-state index is -0.397. The summed E-state index contributed by atoms with van der Waals surface area (Å²) >= 11 is 0. The third-order valence-electron chi connectivity index (χ3n) is 4.87. The second-order valence-corrected chi connectivity index (χ2v) is 8.11. The first-order chi connectivity index (χ1) is 11.3. The first kappa shape index (κ1) is 16.8. The number of carbonyl (C=O) groups is 1. The first-order valence-electron chi connectivity index (χ1n) is 8.80. The monoisotopic (exact) mass is 321 g/mol. The molecule has 2 heteroatoms. The number of anilines is 1. The molecule has 0 radical (unpaired) electrons. The van der Waals surface area contributed by atoms with Gasteiger partial charge in [-0.25, -0.2) is 0 Å². The Morgan fingerprint density at radius 1 is 0.958 bits per heavy atom. The van der Waals surface area contributed by atoms with Crippen molar-refractivity contribution in [2.75, 3.05) is 4.90 Å². The summed E-state index contributed by atoms with van der Waals surface area (Å²) in [6.07, 6.45) is 0. The molecular formula is C22H27NO. The highest BCUT2D eigenvalue weighted by molar-refractivity contribution is 6.00. The smallest absolute Gasteiger partial charge is 0.232 e. The largest absolute Gasteiger partial charge is 0.307 e. The molecule has 1 amide bonds. The number of benzene rings is 2. The molecule has 2 nitrogen and oxygen atoms in total. The van der Waals surface area contributed by atoms with Crippen LogP contribution in [0, 0.1) is 11.3 Å². The van der Waals surface area contributed by atoms with Gasteiger partial charge in [0.2, 0.25) is 5.91 Å². The summed E-state index contributed by atoms with van der Waals surface area (Å²) in [5.74, 6) is 0.801. The topological polar surface area (TPSA) is 20.3 Å². The molecule has 0 saturated heterocycles. The van der Waals surface area contributed by atoms with E-state index >= 15 is 0 Å². The lowest BCUT2D eigenvalue weighted by Crippen LogP contribution is -2.47. The zero-order valence-corrected chi connectivity index (χ0v) is 15.3. The Morgan fingerprint density at radius 3 is 2.12 bits per heavy atom. The van der Waals surface area contributed by atoms with Gasteiger partial charge in [-0.1, -0.05) is 83.1 Å². The molecule has 0 aliphatic carbocycles. The maximum atomic E-state index is 13.2. The van der Waals surface area contributed by atoms with Crippen molar-refractivity contribution in [3.63, 3.8) is 0 Å². The summed E-state index contributed by atoms with van der Waals surface area (Å²) in [6.45, 7) is 10.5. The van der Waals surface area contributed by atoms with Crippen molar-refractivity contribution in [2.24, 2.45) is 11.3 Å². The molecule has 0 unspecified atom stereocenters. The van der Waals surface area contributed by atoms with E-state index in [4.69, 9.17) is 0 Å². The van der Waals surface area contributed by atoms with E-state index in [1.807, 2.05) is 32.9 Å². The van der Waals surface area contributed by atoms with Crippen molar-refractivity contribution < 1.29 is 4.79 Å². The SMILES string of the molecule is CC(C)[C@H]1[C@H](c2ccccc2)c2ccccc2N1C(=O)C(C)(C)C. The fourth-order valence-corrected chi connectivity index (χ4v) is 3.79. The number of fused-ring (bicyclic) bond motifs is 1. The van der Waals surface area contributed by atoms with E-state index in [-0.39, 0.29) is 17.9 Å². The molecule has 24 heavy (non-hydrogen) atoms. The molecule has 0 N–H and O–H groups in total. The Morgan fingerprint density at radius 2 is 1.54 bits per heavy atom. The van der Waals surface area contributed by atoms with Crippen LogP contribution in [-0.2, 0) is 4.79 Å². The third kappa shape index (κ3) is 2.75. The van der Waals surface area contributed by atoms with Crippen molar-refractivity contribution in [3.8, 4) is 0 Å². The third-order valence-corrected chi connectivity index (χ3v) is 4.87. The van der Waals surface area contributed by atoms with Crippen molar-refractivity contribution in [2.45, 2.75) is 46.6 Å². The van der Waals surface area contributed by atoms with Gasteiger partial charge in [0.25, 0.3) is 0 Å². The van der Waals surface area contributed by atoms with E-state index in [0.29, 0.717) is 5.92 Å². The van der Waals surface area contributed by atoms with E-state index in [0.717, 1.165) is 5.69 Å². The van der Waals surface area contributed by atoms with E-state index in [9.17, 15) is 4.79 Å². The van der Waals surface area contributed by atoms with Crippen molar-refractivity contribution in [1.82, 2.24) is 0 Å². The van der Waals surface area contributed by atoms with E-state index in [1.54, 1.807) is 0 Å². The van der Waals surface area contributed by atoms with Gasteiger partial charge in [0, 0.05) is 17.0 Å². The quantitative estimate of drug-likeness (QED) is 0.741. The van der Waals surface area contributed by atoms with Crippen LogP contribution in [0.25, 0.3) is 0 Å². The Bertz CT molecular complexity index is 727. The van der Waals surface area contributed by atoms with Crippen LogP contribution in [0.1, 0.15) is 51.7 Å². The fourth-order valence-electron chi connectivity index (χ4n) is 3.79. The summed E-state index contributed by atoms with van der Waals surface area (Å²) in [5.41, 5.74) is 3.23. The molecule has 126 valence electrons. The first-order valence-corrected chi connectivity index (χ1v) is 8.80. The molecule has 0 fully saturated rings. The Balaban J connectivity index is 2.19. The fraction of sp³-hybridized carbons (Fsp3) is 0.409. The minimum absolute atomic E-state index is 0.150. The number of nitrogens with zero attached hydrogens (tertiary/aromatic N) is 1. The van der Waals surface area contributed by atoms with Crippen molar-refractivity contribution >= 4 is 11.6 Å². The second-order valence-electron chi connectivity index (χ2n) is 8.11. The van der Waals surface area contributed by atoms with Gasteiger partial charge in [-0.15, -0.1) is 0 Å². The highest BCUT2D eigenvalue weighted by Gasteiger charge is 2.45. The van der Waals surface area contributed by atoms with Crippen LogP contribution in [0.5, 0.6) is 0 Å². The average Bonchev–Trinajstić information content (AvgIpc) is 2.89. The molecular weight excluding hydrogens is 294 g/mol. The Hall–Kier alpha value is -2.09. The van der Waals surface area contributed by atoms with E-state index in [1.165, 1.54) is 11.1 Å². The number of carbonyl (C=O) groups excluding carboxylic acids is 1. The molecule has 1 aliphatic rings. The second kappa shape index (κ2) is 6.08. The summed E-state index contributed by atoms with van der Waals surface area (Å²) in [7, 11) is 0. The molecule has 2 aromatic rings. The van der Waals surface area contributed by atoms with Gasteiger partial charge in [0.15, 0.2) is 0 Å². The molecule has 0 saturated carbocycles. The summed E-state index contributed by atoms with van der Waals surface area (Å²) in [6, 6.07) is 19.1. The zero-order chi connectivity index (χ0) is 17.5. The van der Waals surface area contributed by atoms with Gasteiger partial charge in [-0.05, 0) is 23.1 Å². The number of hydrogen-bond acceptors (Lipinski definition) is 1. The van der Waals surface area contributed by atoms with Gasteiger partial charge in [-0.2, -0.15) is 0 Å².